The number of nitrogens with zero attached hydrogens (tertiary/aromatic N) is 2. The van der Waals surface area contributed by atoms with E-state index in [0.29, 0.717) is 22.7 Å². The highest BCUT2D eigenvalue weighted by molar-refractivity contribution is 7.92. The number of benzene rings is 2. The summed E-state index contributed by atoms with van der Waals surface area (Å²) in [5, 5.41) is 0. The van der Waals surface area contributed by atoms with E-state index in [9.17, 15) is 18.0 Å². The van der Waals surface area contributed by atoms with Crippen LogP contribution in [0, 0.1) is 0 Å². The van der Waals surface area contributed by atoms with Gasteiger partial charge in [0.2, 0.25) is 16.1 Å². The van der Waals surface area contributed by atoms with Gasteiger partial charge in [0.25, 0.3) is 5.91 Å². The smallest absolute Gasteiger partial charge is 0.348 e. The van der Waals surface area contributed by atoms with Gasteiger partial charge in [0.1, 0.15) is 5.75 Å². The lowest BCUT2D eigenvalue weighted by Crippen LogP contribution is -2.47. The summed E-state index contributed by atoms with van der Waals surface area (Å²) in [6.07, 6.45) is -0.954. The summed E-state index contributed by atoms with van der Waals surface area (Å²) in [5.74, 6) is -0.623. The van der Waals surface area contributed by atoms with Gasteiger partial charge in [-0.2, -0.15) is 0 Å². The lowest BCUT2D eigenvalue weighted by molar-refractivity contribution is -0.148. The summed E-state index contributed by atoms with van der Waals surface area (Å²) >= 11 is 0. The molecule has 0 fully saturated rings. The molecule has 0 radical (unpaired) electrons. The van der Waals surface area contributed by atoms with Gasteiger partial charge in [-0.1, -0.05) is 18.2 Å². The van der Waals surface area contributed by atoms with Crippen molar-refractivity contribution in [1.82, 2.24) is 0 Å². The summed E-state index contributed by atoms with van der Waals surface area (Å²) in [5.41, 5.74) is 1.20. The van der Waals surface area contributed by atoms with E-state index in [1.54, 1.807) is 49.4 Å². The Labute approximate surface area is 169 Å². The van der Waals surface area contributed by atoms with Gasteiger partial charge in [-0.3, -0.25) is 9.10 Å². The number of rotatable bonds is 5. The van der Waals surface area contributed by atoms with Crippen LogP contribution in [0.3, 0.4) is 0 Å². The van der Waals surface area contributed by atoms with Crippen molar-refractivity contribution in [3.63, 3.8) is 0 Å². The minimum absolute atomic E-state index is 0.0180. The number of sulfonamides is 1. The minimum Gasteiger partial charge on any atom is -0.475 e. The number of hydrogen-bond donors (Lipinski definition) is 0. The predicted octanol–water partition coefficient (Wildman–Crippen LogP) is 2.05. The first kappa shape index (κ1) is 20.7. The second-order valence-corrected chi connectivity index (χ2v) is 8.72. The molecule has 2 aromatic rings. The number of esters is 1. The maximum Gasteiger partial charge on any atom is 0.348 e. The van der Waals surface area contributed by atoms with Gasteiger partial charge in [0.05, 0.1) is 30.8 Å². The average molecular weight is 418 g/mol. The molecular formula is C20H22N2O6S. The molecule has 0 aliphatic carbocycles. The van der Waals surface area contributed by atoms with E-state index in [2.05, 4.69) is 0 Å². The van der Waals surface area contributed by atoms with Crippen LogP contribution < -0.4 is 13.9 Å². The second-order valence-electron chi connectivity index (χ2n) is 6.43. The maximum absolute atomic E-state index is 13.3. The Morgan fingerprint density at radius 2 is 1.93 bits per heavy atom. The Kier molecular flexibility index (Phi) is 5.78. The third-order valence-electron chi connectivity index (χ3n) is 4.72. The topological polar surface area (TPSA) is 93.2 Å². The number of para-hydroxylation sites is 2. The molecule has 0 saturated heterocycles. The number of fused-ring (bicyclic) bond motifs is 1. The van der Waals surface area contributed by atoms with Crippen molar-refractivity contribution in [2.45, 2.75) is 13.0 Å². The Bertz CT molecular complexity index is 1040. The number of anilines is 2. The molecule has 0 saturated carbocycles. The number of hydrogen-bond acceptors (Lipinski definition) is 6. The monoisotopic (exact) mass is 418 g/mol. The third-order valence-corrected chi connectivity index (χ3v) is 6.50. The zero-order valence-electron chi connectivity index (χ0n) is 16.4. The lowest BCUT2D eigenvalue weighted by Gasteiger charge is -2.33. The van der Waals surface area contributed by atoms with Crippen LogP contribution in [-0.2, 0) is 19.6 Å². The van der Waals surface area contributed by atoms with E-state index >= 15 is 0 Å². The maximum atomic E-state index is 13.3. The Morgan fingerprint density at radius 1 is 1.21 bits per heavy atom. The van der Waals surface area contributed by atoms with Gasteiger partial charge in [0, 0.05) is 12.6 Å². The van der Waals surface area contributed by atoms with E-state index in [1.165, 1.54) is 25.1 Å². The number of carbonyl (C=O) groups is 2. The van der Waals surface area contributed by atoms with Gasteiger partial charge in [-0.15, -0.1) is 0 Å². The van der Waals surface area contributed by atoms with Crippen LogP contribution in [0.4, 0.5) is 11.4 Å². The van der Waals surface area contributed by atoms with Gasteiger partial charge in [-0.05, 0) is 37.3 Å². The zero-order valence-corrected chi connectivity index (χ0v) is 17.2. The molecule has 1 amide bonds. The van der Waals surface area contributed by atoms with Crippen LogP contribution in [0.15, 0.2) is 48.5 Å². The molecule has 0 N–H and O–H groups in total. The van der Waals surface area contributed by atoms with E-state index < -0.39 is 22.1 Å². The fourth-order valence-corrected chi connectivity index (χ4v) is 3.85. The molecule has 8 nitrogen and oxygen atoms in total. The lowest BCUT2D eigenvalue weighted by atomic mass is 10.1. The SMILES string of the molecule is CCS(=O)(=O)N(C)c1cccc(C(=O)N2CC(C(=O)OC)Oc3ccccc32)c1. The highest BCUT2D eigenvalue weighted by Crippen LogP contribution is 2.34. The van der Waals surface area contributed by atoms with E-state index in [1.807, 2.05) is 0 Å². The van der Waals surface area contributed by atoms with Gasteiger partial charge in [-0.25, -0.2) is 13.2 Å². The molecule has 1 aliphatic rings. The standard InChI is InChI=1S/C20H22N2O6S/c1-4-29(25,26)21(2)15-9-7-8-14(12-15)19(23)22-13-18(20(24)27-3)28-17-11-6-5-10-16(17)22/h5-12,18H,4,13H2,1-3H3. The molecule has 1 aliphatic heterocycles. The van der Waals surface area contributed by atoms with Gasteiger partial charge < -0.3 is 14.4 Å². The summed E-state index contributed by atoms with van der Waals surface area (Å²) in [6, 6.07) is 13.2. The average Bonchev–Trinajstić information content (AvgIpc) is 2.76. The van der Waals surface area contributed by atoms with Crippen molar-refractivity contribution >= 4 is 33.3 Å². The highest BCUT2D eigenvalue weighted by Gasteiger charge is 2.35. The first-order chi connectivity index (χ1) is 13.8. The van der Waals surface area contributed by atoms with E-state index in [4.69, 9.17) is 9.47 Å². The normalized spacial score (nSPS) is 15.8. The second kappa shape index (κ2) is 8.12. The largest absolute Gasteiger partial charge is 0.475 e. The number of methoxy groups -OCH3 is 1. The van der Waals surface area contributed by atoms with E-state index in [-0.39, 0.29) is 18.2 Å². The molecule has 3 rings (SSSR count). The molecule has 9 heteroatoms. The quantitative estimate of drug-likeness (QED) is 0.690. The van der Waals surface area contributed by atoms with Crippen molar-refractivity contribution in [2.75, 3.05) is 35.7 Å². The Hall–Kier alpha value is -3.07. The summed E-state index contributed by atoms with van der Waals surface area (Å²) in [7, 11) is -0.763. The molecule has 1 unspecified atom stereocenters. The van der Waals surface area contributed by atoms with Crippen molar-refractivity contribution in [1.29, 1.82) is 0 Å². The van der Waals surface area contributed by atoms with Crippen LogP contribution in [0.1, 0.15) is 17.3 Å². The molecule has 0 spiro atoms. The Morgan fingerprint density at radius 3 is 2.62 bits per heavy atom. The molecule has 1 atom stereocenters. The van der Waals surface area contributed by atoms with Gasteiger partial charge >= 0.3 is 5.97 Å². The van der Waals surface area contributed by atoms with Crippen LogP contribution in [0.2, 0.25) is 0 Å². The molecule has 0 bridgehead atoms. The summed E-state index contributed by atoms with van der Waals surface area (Å²) in [4.78, 5) is 26.7. The van der Waals surface area contributed by atoms with Gasteiger partial charge in [0.15, 0.2) is 0 Å². The van der Waals surface area contributed by atoms with Crippen LogP contribution in [0.5, 0.6) is 5.75 Å². The van der Waals surface area contributed by atoms with Crippen molar-refractivity contribution < 1.29 is 27.5 Å². The molecule has 29 heavy (non-hydrogen) atoms. The molecule has 0 aromatic heterocycles. The predicted molar refractivity (Wildman–Crippen MR) is 109 cm³/mol. The van der Waals surface area contributed by atoms with Crippen LogP contribution in [0.25, 0.3) is 0 Å². The summed E-state index contributed by atoms with van der Waals surface area (Å²) < 4.78 is 35.9. The first-order valence-corrected chi connectivity index (χ1v) is 10.6. The fourth-order valence-electron chi connectivity index (χ4n) is 3.03. The third kappa shape index (κ3) is 4.04. The fraction of sp³-hybridized carbons (Fsp3) is 0.300. The van der Waals surface area contributed by atoms with Crippen LogP contribution in [-0.4, -0.2) is 52.9 Å². The molecule has 2 aromatic carbocycles. The number of amides is 1. The van der Waals surface area contributed by atoms with Crippen molar-refractivity contribution in [2.24, 2.45) is 0 Å². The molecule has 154 valence electrons. The molecular weight excluding hydrogens is 396 g/mol. The zero-order chi connectivity index (χ0) is 21.2. The molecule has 1 heterocycles. The minimum atomic E-state index is -3.46. The number of carbonyl (C=O) groups excluding carboxylic acids is 2. The first-order valence-electron chi connectivity index (χ1n) is 9.00. The Balaban J connectivity index is 1.97. The summed E-state index contributed by atoms with van der Waals surface area (Å²) in [6.45, 7) is 1.54. The number of ether oxygens (including phenoxy) is 2. The van der Waals surface area contributed by atoms with Crippen molar-refractivity contribution in [3.05, 3.63) is 54.1 Å². The highest BCUT2D eigenvalue weighted by atomic mass is 32.2. The van der Waals surface area contributed by atoms with Crippen molar-refractivity contribution in [3.8, 4) is 5.75 Å². The van der Waals surface area contributed by atoms with Crippen LogP contribution >= 0.6 is 0 Å². The van der Waals surface area contributed by atoms with E-state index in [0.717, 1.165) is 4.31 Å².